The Morgan fingerprint density at radius 2 is 1.85 bits per heavy atom. The smallest absolute Gasteiger partial charge is 0.344 e. The van der Waals surface area contributed by atoms with Crippen molar-refractivity contribution in [2.75, 3.05) is 11.9 Å². The van der Waals surface area contributed by atoms with Crippen LogP contribution in [0, 0.1) is 17.5 Å². The third-order valence-corrected chi connectivity index (χ3v) is 4.63. The Morgan fingerprint density at radius 1 is 1.07 bits per heavy atom. The number of carbonyl (C=O) groups excluding carboxylic acids is 1. The fourth-order valence-electron chi connectivity index (χ4n) is 3.34. The van der Waals surface area contributed by atoms with Gasteiger partial charge in [-0.1, -0.05) is 30.4 Å². The number of nitrogens with zero attached hydrogens (tertiary/aromatic N) is 1. The first kappa shape index (κ1) is 17.1. The zero-order valence-electron chi connectivity index (χ0n) is 14.3. The summed E-state index contributed by atoms with van der Waals surface area (Å²) in [4.78, 5) is 14.9. The molecule has 0 amide bonds. The molecule has 0 radical (unpaired) electrons. The Kier molecular flexibility index (Phi) is 4.11. The Bertz CT molecular complexity index is 1050. The lowest BCUT2D eigenvalue weighted by atomic mass is 9.87. The third kappa shape index (κ3) is 2.73. The number of ether oxygens (including phenoxy) is 1. The van der Waals surface area contributed by atoms with Crippen LogP contribution in [0.3, 0.4) is 0 Å². The molecule has 0 fully saturated rings. The van der Waals surface area contributed by atoms with Gasteiger partial charge in [0.15, 0.2) is 17.4 Å². The number of para-hydroxylation sites is 1. The number of carbonyl (C=O) groups is 1. The van der Waals surface area contributed by atoms with Crippen molar-refractivity contribution in [1.29, 1.82) is 0 Å². The van der Waals surface area contributed by atoms with E-state index in [1.165, 1.54) is 0 Å². The number of fused-ring (bicyclic) bond motifs is 2. The van der Waals surface area contributed by atoms with Gasteiger partial charge in [0.25, 0.3) is 0 Å². The van der Waals surface area contributed by atoms with Crippen LogP contribution in [0.1, 0.15) is 12.0 Å². The largest absolute Gasteiger partial charge is 0.420 e. The minimum absolute atomic E-state index is 0.281. The first-order chi connectivity index (χ1) is 13.0. The van der Waals surface area contributed by atoms with Crippen molar-refractivity contribution in [3.05, 3.63) is 88.9 Å². The molecule has 0 aromatic heterocycles. The lowest BCUT2D eigenvalue weighted by Gasteiger charge is -2.34. The van der Waals surface area contributed by atoms with E-state index in [0.717, 1.165) is 29.1 Å². The van der Waals surface area contributed by atoms with Gasteiger partial charge in [0.2, 0.25) is 5.82 Å². The van der Waals surface area contributed by atoms with Crippen LogP contribution < -0.4 is 9.64 Å². The molecule has 0 bridgehead atoms. The van der Waals surface area contributed by atoms with Crippen molar-refractivity contribution < 1.29 is 22.7 Å². The molecule has 1 heterocycles. The maximum atomic E-state index is 13.9. The molecule has 6 heteroatoms. The van der Waals surface area contributed by atoms with Crippen LogP contribution in [-0.2, 0) is 4.79 Å². The van der Waals surface area contributed by atoms with E-state index in [-0.39, 0.29) is 5.57 Å². The van der Waals surface area contributed by atoms with E-state index < -0.39 is 29.2 Å². The summed E-state index contributed by atoms with van der Waals surface area (Å²) in [6.45, 7) is 0. The molecule has 0 saturated carbocycles. The number of rotatable bonds is 2. The van der Waals surface area contributed by atoms with Gasteiger partial charge in [-0.2, -0.15) is 4.39 Å². The van der Waals surface area contributed by atoms with E-state index in [1.807, 2.05) is 42.3 Å². The monoisotopic (exact) mass is 369 g/mol. The predicted molar refractivity (Wildman–Crippen MR) is 95.6 cm³/mol. The van der Waals surface area contributed by atoms with E-state index in [2.05, 4.69) is 0 Å². The summed E-state index contributed by atoms with van der Waals surface area (Å²) in [5.41, 5.74) is 3.26. The van der Waals surface area contributed by atoms with Crippen LogP contribution in [-0.4, -0.2) is 13.0 Å². The van der Waals surface area contributed by atoms with E-state index in [9.17, 15) is 18.0 Å². The maximum Gasteiger partial charge on any atom is 0.344 e. The fraction of sp³-hybridized carbons (Fsp3) is 0.0952. The number of anilines is 1. The Morgan fingerprint density at radius 3 is 2.67 bits per heavy atom. The number of benzene rings is 2. The van der Waals surface area contributed by atoms with Crippen LogP contribution >= 0.6 is 0 Å². The molecule has 2 aliphatic rings. The molecule has 0 atom stereocenters. The van der Waals surface area contributed by atoms with E-state index >= 15 is 0 Å². The molecule has 1 aliphatic heterocycles. The van der Waals surface area contributed by atoms with Gasteiger partial charge >= 0.3 is 5.97 Å². The van der Waals surface area contributed by atoms with Crippen molar-refractivity contribution in [2.45, 2.75) is 6.42 Å². The minimum Gasteiger partial charge on any atom is -0.420 e. The molecular formula is C21H14F3NO2. The number of likely N-dealkylation sites (N-methyl/N-ethyl adjacent to an activating group) is 1. The lowest BCUT2D eigenvalue weighted by Crippen LogP contribution is -2.28. The molecule has 2 aromatic rings. The van der Waals surface area contributed by atoms with Gasteiger partial charge < -0.3 is 9.64 Å². The highest BCUT2D eigenvalue weighted by Crippen LogP contribution is 2.42. The van der Waals surface area contributed by atoms with Gasteiger partial charge in [0, 0.05) is 24.0 Å². The van der Waals surface area contributed by atoms with E-state index in [1.54, 1.807) is 12.1 Å². The van der Waals surface area contributed by atoms with Gasteiger partial charge in [-0.3, -0.25) is 0 Å². The molecule has 1 aliphatic carbocycles. The van der Waals surface area contributed by atoms with Crippen molar-refractivity contribution in [1.82, 2.24) is 0 Å². The molecule has 0 spiro atoms. The van der Waals surface area contributed by atoms with Crippen LogP contribution in [0.5, 0.6) is 5.75 Å². The minimum atomic E-state index is -1.68. The summed E-state index contributed by atoms with van der Waals surface area (Å²) in [6.07, 6.45) is 6.16. The van der Waals surface area contributed by atoms with Crippen molar-refractivity contribution in [3.8, 4) is 5.75 Å². The molecule has 136 valence electrons. The quantitative estimate of drug-likeness (QED) is 0.434. The van der Waals surface area contributed by atoms with Crippen LogP contribution in [0.25, 0.3) is 5.57 Å². The highest BCUT2D eigenvalue weighted by atomic mass is 19.2. The standard InChI is InChI=1S/C21H14F3NO2/c1-25-15-8-4-2-6-12(15)18(13-7-3-5-9-16(13)25)21(26)27-17-11-10-14(22)19(23)20(17)24/h2-6,8-11H,7H2,1H3. The van der Waals surface area contributed by atoms with Crippen molar-refractivity contribution in [3.63, 3.8) is 0 Å². The molecule has 27 heavy (non-hydrogen) atoms. The van der Waals surface area contributed by atoms with Crippen LogP contribution in [0.2, 0.25) is 0 Å². The Hall–Kier alpha value is -3.28. The van der Waals surface area contributed by atoms with Gasteiger partial charge in [-0.05, 0) is 36.3 Å². The second-order valence-electron chi connectivity index (χ2n) is 6.18. The summed E-state index contributed by atoms with van der Waals surface area (Å²) in [5, 5.41) is 0. The molecule has 2 aromatic carbocycles. The molecule has 0 saturated heterocycles. The number of esters is 1. The number of allylic oxidation sites excluding steroid dienone is 4. The Balaban J connectivity index is 1.82. The second-order valence-corrected chi connectivity index (χ2v) is 6.18. The molecule has 0 N–H and O–H groups in total. The first-order valence-electron chi connectivity index (χ1n) is 8.28. The molecule has 3 nitrogen and oxygen atoms in total. The summed E-state index contributed by atoms with van der Waals surface area (Å²) in [5.74, 6) is -6.03. The fourth-order valence-corrected chi connectivity index (χ4v) is 3.34. The average molecular weight is 369 g/mol. The SMILES string of the molecule is CN1C2=CC=CCC2=C(C(=O)Oc2ccc(F)c(F)c2F)c2ccccc21. The summed E-state index contributed by atoms with van der Waals surface area (Å²) < 4.78 is 45.6. The number of hydrogen-bond acceptors (Lipinski definition) is 3. The van der Waals surface area contributed by atoms with E-state index in [4.69, 9.17) is 4.74 Å². The van der Waals surface area contributed by atoms with Gasteiger partial charge in [-0.25, -0.2) is 13.6 Å². The topological polar surface area (TPSA) is 29.5 Å². The second kappa shape index (κ2) is 6.46. The number of halogens is 3. The molecule has 4 rings (SSSR count). The number of hydrogen-bond donors (Lipinski definition) is 0. The van der Waals surface area contributed by atoms with Gasteiger partial charge in [0.05, 0.1) is 5.57 Å². The molecular weight excluding hydrogens is 355 g/mol. The summed E-state index contributed by atoms with van der Waals surface area (Å²) in [7, 11) is 1.89. The lowest BCUT2D eigenvalue weighted by molar-refractivity contribution is -0.128. The Labute approximate surface area is 153 Å². The molecule has 0 unspecified atom stereocenters. The van der Waals surface area contributed by atoms with Crippen molar-refractivity contribution >= 4 is 17.2 Å². The van der Waals surface area contributed by atoms with E-state index in [0.29, 0.717) is 12.0 Å². The van der Waals surface area contributed by atoms with Gasteiger partial charge in [-0.15, -0.1) is 0 Å². The normalized spacial score (nSPS) is 15.3. The van der Waals surface area contributed by atoms with Crippen LogP contribution in [0.15, 0.2) is 65.9 Å². The van der Waals surface area contributed by atoms with Gasteiger partial charge in [0.1, 0.15) is 0 Å². The maximum absolute atomic E-state index is 13.9. The average Bonchev–Trinajstić information content (AvgIpc) is 2.69. The van der Waals surface area contributed by atoms with Crippen LogP contribution in [0.4, 0.5) is 18.9 Å². The predicted octanol–water partition coefficient (Wildman–Crippen LogP) is 4.76. The van der Waals surface area contributed by atoms with Crippen molar-refractivity contribution in [2.24, 2.45) is 0 Å². The zero-order chi connectivity index (χ0) is 19.1. The zero-order valence-corrected chi connectivity index (χ0v) is 14.3. The third-order valence-electron chi connectivity index (χ3n) is 4.63. The summed E-state index contributed by atoms with van der Waals surface area (Å²) in [6, 6.07) is 8.87. The highest BCUT2D eigenvalue weighted by molar-refractivity contribution is 6.22. The summed E-state index contributed by atoms with van der Waals surface area (Å²) >= 11 is 0. The first-order valence-corrected chi connectivity index (χ1v) is 8.28. The highest BCUT2D eigenvalue weighted by Gasteiger charge is 2.32.